The molecule has 13 heavy (non-hydrogen) atoms. The summed E-state index contributed by atoms with van der Waals surface area (Å²) >= 11 is 3.47. The maximum atomic E-state index is 13.3. The van der Waals surface area contributed by atoms with Crippen molar-refractivity contribution in [3.63, 3.8) is 0 Å². The van der Waals surface area contributed by atoms with E-state index in [1.54, 1.807) is 12.3 Å². The van der Waals surface area contributed by atoms with Gasteiger partial charge in [-0.3, -0.25) is 4.98 Å². The third kappa shape index (κ3) is 2.50. The summed E-state index contributed by atoms with van der Waals surface area (Å²) in [6.45, 7) is 4.05. The molecule has 0 aliphatic carbocycles. The molecule has 1 heterocycles. The molecule has 1 nitrogen and oxygen atoms in total. The molecule has 0 saturated heterocycles. The van der Waals surface area contributed by atoms with E-state index in [1.807, 2.05) is 13.8 Å². The Kier molecular flexibility index (Phi) is 3.85. The number of halogens is 2. The van der Waals surface area contributed by atoms with Crippen molar-refractivity contribution in [1.82, 2.24) is 4.98 Å². The molecule has 1 aromatic rings. The third-order valence-electron chi connectivity index (χ3n) is 2.13. The number of aromatic nitrogens is 1. The molecule has 2 unspecified atom stereocenters. The maximum Gasteiger partial charge on any atom is 0.145 e. The summed E-state index contributed by atoms with van der Waals surface area (Å²) in [6, 6.07) is 3.07. The fourth-order valence-corrected chi connectivity index (χ4v) is 2.03. The van der Waals surface area contributed by atoms with Crippen molar-refractivity contribution >= 4 is 15.9 Å². The second kappa shape index (κ2) is 4.70. The van der Waals surface area contributed by atoms with E-state index < -0.39 is 0 Å². The standard InChI is InChI=1S/C10H13BrFN/c1-3-8(7(2)11)10-9(12)5-4-6-13-10/h4-8H,3H2,1-2H3. The van der Waals surface area contributed by atoms with Crippen LogP contribution in [0.15, 0.2) is 18.3 Å². The molecule has 1 aromatic heterocycles. The Bertz CT molecular complexity index is 275. The van der Waals surface area contributed by atoms with Crippen LogP contribution in [-0.2, 0) is 0 Å². The number of hydrogen-bond acceptors (Lipinski definition) is 1. The van der Waals surface area contributed by atoms with Gasteiger partial charge in [0, 0.05) is 16.9 Å². The molecule has 0 fully saturated rings. The minimum atomic E-state index is -0.208. The fourth-order valence-electron chi connectivity index (χ4n) is 1.41. The Balaban J connectivity index is 2.97. The van der Waals surface area contributed by atoms with Crippen LogP contribution in [0.4, 0.5) is 4.39 Å². The third-order valence-corrected chi connectivity index (χ3v) is 2.77. The topological polar surface area (TPSA) is 12.9 Å². The molecular formula is C10H13BrFN. The first-order chi connectivity index (χ1) is 6.16. The molecule has 0 aliphatic heterocycles. The highest BCUT2D eigenvalue weighted by atomic mass is 79.9. The zero-order valence-corrected chi connectivity index (χ0v) is 9.38. The van der Waals surface area contributed by atoms with Gasteiger partial charge in [-0.25, -0.2) is 4.39 Å². The number of rotatable bonds is 3. The molecule has 0 N–H and O–H groups in total. The number of alkyl halides is 1. The monoisotopic (exact) mass is 245 g/mol. The van der Waals surface area contributed by atoms with Gasteiger partial charge in [-0.05, 0) is 18.6 Å². The van der Waals surface area contributed by atoms with Crippen LogP contribution >= 0.6 is 15.9 Å². The second-order valence-electron chi connectivity index (χ2n) is 3.06. The Morgan fingerprint density at radius 1 is 1.62 bits per heavy atom. The van der Waals surface area contributed by atoms with Crippen LogP contribution in [0.2, 0.25) is 0 Å². The van der Waals surface area contributed by atoms with Gasteiger partial charge in [-0.2, -0.15) is 0 Å². The Labute approximate surface area is 86.5 Å². The van der Waals surface area contributed by atoms with Crippen molar-refractivity contribution in [2.75, 3.05) is 0 Å². The van der Waals surface area contributed by atoms with Gasteiger partial charge in [-0.15, -0.1) is 0 Å². The van der Waals surface area contributed by atoms with E-state index in [0.29, 0.717) is 5.69 Å². The van der Waals surface area contributed by atoms with Crippen LogP contribution in [0.1, 0.15) is 31.9 Å². The zero-order valence-electron chi connectivity index (χ0n) is 7.80. The summed E-state index contributed by atoms with van der Waals surface area (Å²) in [5, 5.41) is 0. The summed E-state index contributed by atoms with van der Waals surface area (Å²) in [4.78, 5) is 4.32. The van der Waals surface area contributed by atoms with E-state index in [0.717, 1.165) is 6.42 Å². The second-order valence-corrected chi connectivity index (χ2v) is 4.51. The molecule has 1 rings (SSSR count). The predicted octanol–water partition coefficient (Wildman–Crippen LogP) is 3.50. The van der Waals surface area contributed by atoms with Gasteiger partial charge in [0.2, 0.25) is 0 Å². The minimum Gasteiger partial charge on any atom is -0.258 e. The van der Waals surface area contributed by atoms with Crippen molar-refractivity contribution in [3.05, 3.63) is 29.8 Å². The first-order valence-corrected chi connectivity index (χ1v) is 5.32. The van der Waals surface area contributed by atoms with Crippen LogP contribution < -0.4 is 0 Å². The predicted molar refractivity (Wildman–Crippen MR) is 55.6 cm³/mol. The lowest BCUT2D eigenvalue weighted by atomic mass is 9.98. The Morgan fingerprint density at radius 2 is 2.31 bits per heavy atom. The highest BCUT2D eigenvalue weighted by Gasteiger charge is 2.19. The van der Waals surface area contributed by atoms with Gasteiger partial charge in [-0.1, -0.05) is 29.8 Å². The van der Waals surface area contributed by atoms with E-state index in [1.165, 1.54) is 6.07 Å². The lowest BCUT2D eigenvalue weighted by Crippen LogP contribution is -2.11. The van der Waals surface area contributed by atoms with E-state index in [2.05, 4.69) is 20.9 Å². The quantitative estimate of drug-likeness (QED) is 0.744. The molecule has 0 bridgehead atoms. The zero-order chi connectivity index (χ0) is 9.84. The van der Waals surface area contributed by atoms with Crippen molar-refractivity contribution in [2.45, 2.75) is 31.0 Å². The number of hydrogen-bond donors (Lipinski definition) is 0. The van der Waals surface area contributed by atoms with Crippen LogP contribution in [-0.4, -0.2) is 9.81 Å². The van der Waals surface area contributed by atoms with Crippen LogP contribution in [0.5, 0.6) is 0 Å². The van der Waals surface area contributed by atoms with Gasteiger partial charge in [0.25, 0.3) is 0 Å². The maximum absolute atomic E-state index is 13.3. The van der Waals surface area contributed by atoms with E-state index in [-0.39, 0.29) is 16.6 Å². The lowest BCUT2D eigenvalue weighted by molar-refractivity contribution is 0.549. The molecule has 0 spiro atoms. The average Bonchev–Trinajstić information content (AvgIpc) is 2.09. The Morgan fingerprint density at radius 3 is 2.77 bits per heavy atom. The molecule has 0 aliphatic rings. The average molecular weight is 246 g/mol. The molecule has 0 aromatic carbocycles. The van der Waals surface area contributed by atoms with Crippen molar-refractivity contribution in [1.29, 1.82) is 0 Å². The van der Waals surface area contributed by atoms with Crippen LogP contribution in [0.3, 0.4) is 0 Å². The fraction of sp³-hybridized carbons (Fsp3) is 0.500. The van der Waals surface area contributed by atoms with Gasteiger partial charge < -0.3 is 0 Å². The molecule has 0 saturated carbocycles. The van der Waals surface area contributed by atoms with E-state index in [9.17, 15) is 4.39 Å². The summed E-state index contributed by atoms with van der Waals surface area (Å²) in [5.74, 6) is -0.0538. The largest absolute Gasteiger partial charge is 0.258 e. The van der Waals surface area contributed by atoms with Crippen molar-refractivity contribution in [2.24, 2.45) is 0 Å². The van der Waals surface area contributed by atoms with Crippen LogP contribution in [0, 0.1) is 5.82 Å². The smallest absolute Gasteiger partial charge is 0.145 e. The molecule has 2 atom stereocenters. The summed E-state index contributed by atoms with van der Waals surface area (Å²) in [6.07, 6.45) is 2.52. The summed E-state index contributed by atoms with van der Waals surface area (Å²) in [7, 11) is 0. The Hall–Kier alpha value is -0.440. The van der Waals surface area contributed by atoms with Gasteiger partial charge in [0.1, 0.15) is 5.82 Å². The highest BCUT2D eigenvalue weighted by molar-refractivity contribution is 9.09. The normalized spacial score (nSPS) is 15.4. The minimum absolute atomic E-state index is 0.154. The van der Waals surface area contributed by atoms with Crippen LogP contribution in [0.25, 0.3) is 0 Å². The molecule has 0 amide bonds. The molecule has 3 heteroatoms. The molecule has 0 radical (unpaired) electrons. The SMILES string of the molecule is CCC(c1ncccc1F)C(C)Br. The first kappa shape index (κ1) is 10.6. The molecule has 72 valence electrons. The number of nitrogens with zero attached hydrogens (tertiary/aromatic N) is 1. The summed E-state index contributed by atoms with van der Waals surface area (Å²) in [5.41, 5.74) is 0.564. The first-order valence-electron chi connectivity index (χ1n) is 4.41. The highest BCUT2D eigenvalue weighted by Crippen LogP contribution is 2.27. The van der Waals surface area contributed by atoms with E-state index in [4.69, 9.17) is 0 Å². The number of pyridine rings is 1. The van der Waals surface area contributed by atoms with Gasteiger partial charge in [0.05, 0.1) is 5.69 Å². The lowest BCUT2D eigenvalue weighted by Gasteiger charge is -2.17. The van der Waals surface area contributed by atoms with Crippen molar-refractivity contribution < 1.29 is 4.39 Å². The molecular weight excluding hydrogens is 233 g/mol. The van der Waals surface area contributed by atoms with E-state index >= 15 is 0 Å². The van der Waals surface area contributed by atoms with Gasteiger partial charge in [0.15, 0.2) is 0 Å². The van der Waals surface area contributed by atoms with Crippen molar-refractivity contribution in [3.8, 4) is 0 Å². The van der Waals surface area contributed by atoms with Gasteiger partial charge >= 0.3 is 0 Å². The summed E-state index contributed by atoms with van der Waals surface area (Å²) < 4.78 is 13.3.